The molecule has 2 aromatic carbocycles. The van der Waals surface area contributed by atoms with E-state index in [0.29, 0.717) is 23.0 Å². The first-order chi connectivity index (χ1) is 13.4. The summed E-state index contributed by atoms with van der Waals surface area (Å²) in [5, 5.41) is 22.0. The number of nitrogens with one attached hydrogen (secondary N) is 2. The first-order valence-corrected chi connectivity index (χ1v) is 9.03. The average molecular weight is 388 g/mol. The lowest BCUT2D eigenvalue weighted by Gasteiger charge is -2.19. The summed E-state index contributed by atoms with van der Waals surface area (Å²) in [6.45, 7) is 1.11. The number of fused-ring (bicyclic) bond motifs is 1. The van der Waals surface area contributed by atoms with Crippen LogP contribution < -0.4 is 5.32 Å². The van der Waals surface area contributed by atoms with Crippen molar-refractivity contribution >= 4 is 16.8 Å². The predicted molar refractivity (Wildman–Crippen MR) is 103 cm³/mol. The number of rotatable bonds is 7. The third kappa shape index (κ3) is 4.37. The number of carbonyl (C=O) groups excluding carboxylic acids is 1. The van der Waals surface area contributed by atoms with Crippen LogP contribution in [0.25, 0.3) is 22.2 Å². The van der Waals surface area contributed by atoms with Crippen LogP contribution in [0.2, 0.25) is 0 Å². The number of aromatic nitrogens is 1. The summed E-state index contributed by atoms with van der Waals surface area (Å²) in [6.07, 6.45) is -0.494. The van der Waals surface area contributed by atoms with Crippen molar-refractivity contribution in [1.82, 2.24) is 10.3 Å². The molecule has 0 aliphatic rings. The Hall–Kier alpha value is -2.77. The number of benzene rings is 2. The molecule has 0 unspecified atom stereocenters. The molecule has 7 heteroatoms. The average Bonchev–Trinajstić information content (AvgIpc) is 3.02. The van der Waals surface area contributed by atoms with Gasteiger partial charge in [-0.25, -0.2) is 8.78 Å². The van der Waals surface area contributed by atoms with Crippen LogP contribution in [0.4, 0.5) is 8.78 Å². The van der Waals surface area contributed by atoms with Crippen LogP contribution in [0.5, 0.6) is 0 Å². The molecule has 0 aliphatic carbocycles. The smallest absolute Gasteiger partial charge is 0.220 e. The third-order valence-corrected chi connectivity index (χ3v) is 4.73. The molecule has 1 aromatic heterocycles. The van der Waals surface area contributed by atoms with Crippen molar-refractivity contribution in [1.29, 1.82) is 0 Å². The Morgan fingerprint density at radius 3 is 2.46 bits per heavy atom. The number of hydrogen-bond acceptors (Lipinski definition) is 3. The van der Waals surface area contributed by atoms with Crippen molar-refractivity contribution in [3.63, 3.8) is 0 Å². The second-order valence-corrected chi connectivity index (χ2v) is 6.77. The highest BCUT2D eigenvalue weighted by Crippen LogP contribution is 2.32. The van der Waals surface area contributed by atoms with Gasteiger partial charge in [0, 0.05) is 23.0 Å². The number of aliphatic hydroxyl groups excluding tert-OH is 2. The van der Waals surface area contributed by atoms with Crippen LogP contribution in [-0.4, -0.2) is 39.9 Å². The highest BCUT2D eigenvalue weighted by molar-refractivity contribution is 5.91. The van der Waals surface area contributed by atoms with Crippen LogP contribution in [0.3, 0.4) is 0 Å². The van der Waals surface area contributed by atoms with Crippen LogP contribution >= 0.6 is 0 Å². The number of aliphatic hydroxyl groups is 2. The van der Waals surface area contributed by atoms with Gasteiger partial charge in [-0.05, 0) is 66.9 Å². The van der Waals surface area contributed by atoms with E-state index in [2.05, 4.69) is 10.3 Å². The quantitative estimate of drug-likeness (QED) is 0.502. The van der Waals surface area contributed by atoms with Crippen LogP contribution in [-0.2, 0) is 11.2 Å². The van der Waals surface area contributed by atoms with Crippen molar-refractivity contribution in [2.45, 2.75) is 31.9 Å². The van der Waals surface area contributed by atoms with E-state index in [1.54, 1.807) is 18.2 Å². The molecule has 0 saturated carbocycles. The molecule has 0 saturated heterocycles. The number of aryl methyl sites for hydroxylation is 1. The summed E-state index contributed by atoms with van der Waals surface area (Å²) >= 11 is 0. The van der Waals surface area contributed by atoms with E-state index >= 15 is 0 Å². The van der Waals surface area contributed by atoms with E-state index in [4.69, 9.17) is 0 Å². The van der Waals surface area contributed by atoms with Crippen molar-refractivity contribution in [3.8, 4) is 11.3 Å². The molecule has 5 nitrogen and oxygen atoms in total. The minimum atomic E-state index is -0.883. The van der Waals surface area contributed by atoms with E-state index in [1.807, 2.05) is 0 Å². The van der Waals surface area contributed by atoms with Gasteiger partial charge in [0.15, 0.2) is 0 Å². The molecule has 28 heavy (non-hydrogen) atoms. The second-order valence-electron chi connectivity index (χ2n) is 6.77. The SMILES string of the molecule is C[C@H](O)[C@H](CO)NC(=O)CCc1c(-c2ccc(F)cc2)[nH]c2ccc(F)cc12. The van der Waals surface area contributed by atoms with E-state index in [1.165, 1.54) is 31.2 Å². The number of halogens is 2. The number of hydrogen-bond donors (Lipinski definition) is 4. The molecule has 148 valence electrons. The molecule has 0 fully saturated rings. The monoisotopic (exact) mass is 388 g/mol. The Labute approximate surface area is 161 Å². The largest absolute Gasteiger partial charge is 0.394 e. The summed E-state index contributed by atoms with van der Waals surface area (Å²) < 4.78 is 27.1. The fourth-order valence-corrected chi connectivity index (χ4v) is 3.18. The van der Waals surface area contributed by atoms with Gasteiger partial charge in [-0.2, -0.15) is 0 Å². The molecular formula is C21H22F2N2O3. The Bertz CT molecular complexity index is 968. The van der Waals surface area contributed by atoms with Crippen LogP contribution in [0.1, 0.15) is 18.9 Å². The van der Waals surface area contributed by atoms with E-state index in [9.17, 15) is 23.8 Å². The molecule has 4 N–H and O–H groups in total. The van der Waals surface area contributed by atoms with E-state index in [0.717, 1.165) is 11.1 Å². The lowest BCUT2D eigenvalue weighted by Crippen LogP contribution is -2.44. The maximum atomic E-state index is 13.8. The summed E-state index contributed by atoms with van der Waals surface area (Å²) in [5.41, 5.74) is 2.88. The Balaban J connectivity index is 1.90. The lowest BCUT2D eigenvalue weighted by molar-refractivity contribution is -0.123. The highest BCUT2D eigenvalue weighted by atomic mass is 19.1. The minimum absolute atomic E-state index is 0.0842. The molecule has 2 atom stereocenters. The summed E-state index contributed by atoms with van der Waals surface area (Å²) in [4.78, 5) is 15.5. The molecule has 0 radical (unpaired) electrons. The first-order valence-electron chi connectivity index (χ1n) is 9.03. The van der Waals surface area contributed by atoms with Crippen molar-refractivity contribution in [2.75, 3.05) is 6.61 Å². The topological polar surface area (TPSA) is 85.3 Å². The van der Waals surface area contributed by atoms with Gasteiger partial charge in [-0.15, -0.1) is 0 Å². The number of amides is 1. The van der Waals surface area contributed by atoms with Crippen LogP contribution in [0.15, 0.2) is 42.5 Å². The summed E-state index contributed by atoms with van der Waals surface area (Å²) in [6, 6.07) is 9.54. The van der Waals surface area contributed by atoms with Crippen LogP contribution in [0, 0.1) is 11.6 Å². The zero-order valence-electron chi connectivity index (χ0n) is 15.4. The standard InChI is InChI=1S/C21H22F2N2O3/c1-12(27)19(11-26)24-20(28)9-7-16-17-10-15(23)6-8-18(17)25-21(16)13-2-4-14(22)5-3-13/h2-6,8,10,12,19,25-27H,7,9,11H2,1H3,(H,24,28)/t12-,19-/m0/s1. The normalized spacial score (nSPS) is 13.5. The minimum Gasteiger partial charge on any atom is -0.394 e. The highest BCUT2D eigenvalue weighted by Gasteiger charge is 2.19. The van der Waals surface area contributed by atoms with Gasteiger partial charge >= 0.3 is 0 Å². The predicted octanol–water partition coefficient (Wildman–Crippen LogP) is 2.90. The molecule has 0 spiro atoms. The van der Waals surface area contributed by atoms with Gasteiger partial charge < -0.3 is 20.5 Å². The fraction of sp³-hybridized carbons (Fsp3) is 0.286. The van der Waals surface area contributed by atoms with E-state index < -0.39 is 18.0 Å². The fourth-order valence-electron chi connectivity index (χ4n) is 3.18. The molecule has 1 amide bonds. The summed E-state index contributed by atoms with van der Waals surface area (Å²) in [7, 11) is 0. The van der Waals surface area contributed by atoms with Gasteiger partial charge in [0.1, 0.15) is 11.6 Å². The maximum Gasteiger partial charge on any atom is 0.220 e. The lowest BCUT2D eigenvalue weighted by atomic mass is 10.0. The van der Waals surface area contributed by atoms with Crippen molar-refractivity contribution < 1.29 is 23.8 Å². The molecule has 3 aromatic rings. The Morgan fingerprint density at radius 1 is 1.14 bits per heavy atom. The Kier molecular flexibility index (Phi) is 6.06. The van der Waals surface area contributed by atoms with Crippen molar-refractivity contribution in [3.05, 3.63) is 59.7 Å². The van der Waals surface area contributed by atoms with Gasteiger partial charge in [0.05, 0.1) is 18.8 Å². The second kappa shape index (κ2) is 8.50. The van der Waals surface area contributed by atoms with Gasteiger partial charge in [-0.3, -0.25) is 4.79 Å². The Morgan fingerprint density at radius 2 is 1.82 bits per heavy atom. The number of carbonyl (C=O) groups is 1. The number of aromatic amines is 1. The zero-order valence-corrected chi connectivity index (χ0v) is 15.4. The third-order valence-electron chi connectivity index (χ3n) is 4.73. The van der Waals surface area contributed by atoms with Gasteiger partial charge in [0.25, 0.3) is 0 Å². The maximum absolute atomic E-state index is 13.8. The first kappa shape index (κ1) is 20.0. The molecule has 1 heterocycles. The van der Waals surface area contributed by atoms with E-state index in [-0.39, 0.29) is 24.8 Å². The molecule has 0 bridgehead atoms. The molecular weight excluding hydrogens is 366 g/mol. The number of H-pyrrole nitrogens is 1. The summed E-state index contributed by atoms with van der Waals surface area (Å²) in [5.74, 6) is -1.09. The van der Waals surface area contributed by atoms with Gasteiger partial charge in [0.2, 0.25) is 5.91 Å². The van der Waals surface area contributed by atoms with Gasteiger partial charge in [-0.1, -0.05) is 0 Å². The molecule has 0 aliphatic heterocycles. The van der Waals surface area contributed by atoms with Crippen molar-refractivity contribution in [2.24, 2.45) is 0 Å². The zero-order chi connectivity index (χ0) is 20.3. The molecule has 3 rings (SSSR count).